The Labute approximate surface area is 178 Å². The highest BCUT2D eigenvalue weighted by Crippen LogP contribution is 2.15. The molecule has 2 aromatic rings. The quantitative estimate of drug-likeness (QED) is 0.214. The molecular formula is C19H27ClIN5. The van der Waals surface area contributed by atoms with Crippen LogP contribution in [0.25, 0.3) is 0 Å². The summed E-state index contributed by atoms with van der Waals surface area (Å²) >= 11 is 6.17. The Hall–Kier alpha value is -1.54. The Kier molecular flexibility index (Phi) is 11.8. The summed E-state index contributed by atoms with van der Waals surface area (Å²) in [6.07, 6.45) is 3.91. The number of unbranched alkanes of at least 4 members (excludes halogenated alkanes) is 1. The van der Waals surface area contributed by atoms with Gasteiger partial charge >= 0.3 is 0 Å². The summed E-state index contributed by atoms with van der Waals surface area (Å²) in [6, 6.07) is 13.7. The van der Waals surface area contributed by atoms with E-state index in [1.54, 1.807) is 6.20 Å². The Bertz CT molecular complexity index is 651. The summed E-state index contributed by atoms with van der Waals surface area (Å²) in [7, 11) is 0. The molecule has 0 spiro atoms. The maximum atomic E-state index is 6.17. The second kappa shape index (κ2) is 13.6. The van der Waals surface area contributed by atoms with Crippen LogP contribution in [0, 0.1) is 0 Å². The monoisotopic (exact) mass is 487 g/mol. The third-order valence-electron chi connectivity index (χ3n) is 3.58. The summed E-state index contributed by atoms with van der Waals surface area (Å²) in [5, 5.41) is 10.7. The molecule has 0 aliphatic carbocycles. The van der Waals surface area contributed by atoms with Gasteiger partial charge in [0.25, 0.3) is 0 Å². The number of pyridine rings is 1. The number of aromatic nitrogens is 1. The van der Waals surface area contributed by atoms with Crippen LogP contribution < -0.4 is 16.0 Å². The van der Waals surface area contributed by atoms with Crippen molar-refractivity contribution in [3.05, 3.63) is 59.2 Å². The molecule has 0 saturated heterocycles. The maximum absolute atomic E-state index is 6.17. The lowest BCUT2D eigenvalue weighted by Crippen LogP contribution is -2.37. The number of benzene rings is 1. The lowest BCUT2D eigenvalue weighted by molar-refractivity contribution is 0.712. The summed E-state index contributed by atoms with van der Waals surface area (Å²) in [6.45, 7) is 5.24. The molecule has 0 unspecified atom stereocenters. The number of nitrogens with zero attached hydrogens (tertiary/aromatic N) is 2. The van der Waals surface area contributed by atoms with Crippen molar-refractivity contribution in [2.75, 3.05) is 25.0 Å². The summed E-state index contributed by atoms with van der Waals surface area (Å²) in [5.41, 5.74) is 1.03. The van der Waals surface area contributed by atoms with Gasteiger partial charge in [0.2, 0.25) is 0 Å². The maximum Gasteiger partial charge on any atom is 0.191 e. The van der Waals surface area contributed by atoms with Gasteiger partial charge in [-0.2, -0.15) is 0 Å². The van der Waals surface area contributed by atoms with Gasteiger partial charge in [-0.3, -0.25) is 0 Å². The average molecular weight is 488 g/mol. The van der Waals surface area contributed by atoms with E-state index in [1.165, 1.54) is 0 Å². The van der Waals surface area contributed by atoms with Crippen molar-refractivity contribution in [2.24, 2.45) is 4.99 Å². The first-order valence-corrected chi connectivity index (χ1v) is 9.08. The molecule has 0 aliphatic rings. The molecule has 0 saturated carbocycles. The fourth-order valence-corrected chi connectivity index (χ4v) is 2.47. The number of guanidine groups is 1. The first kappa shape index (κ1) is 22.5. The van der Waals surface area contributed by atoms with Gasteiger partial charge in [-0.05, 0) is 43.5 Å². The first-order valence-electron chi connectivity index (χ1n) is 8.70. The summed E-state index contributed by atoms with van der Waals surface area (Å²) < 4.78 is 0. The van der Waals surface area contributed by atoms with Crippen LogP contribution in [0.1, 0.15) is 25.3 Å². The van der Waals surface area contributed by atoms with E-state index < -0.39 is 0 Å². The normalized spacial score (nSPS) is 10.8. The van der Waals surface area contributed by atoms with Crippen molar-refractivity contribution < 1.29 is 0 Å². The number of hydrogen-bond donors (Lipinski definition) is 3. The molecule has 1 heterocycles. The van der Waals surface area contributed by atoms with E-state index in [4.69, 9.17) is 11.6 Å². The second-order valence-electron chi connectivity index (χ2n) is 5.56. The van der Waals surface area contributed by atoms with Crippen LogP contribution >= 0.6 is 35.6 Å². The minimum absolute atomic E-state index is 0. The number of rotatable bonds is 9. The predicted molar refractivity (Wildman–Crippen MR) is 122 cm³/mol. The van der Waals surface area contributed by atoms with Gasteiger partial charge in [0.1, 0.15) is 5.82 Å². The minimum atomic E-state index is 0. The number of nitrogens with one attached hydrogen (secondary N) is 3. The average Bonchev–Trinajstić information content (AvgIpc) is 2.64. The molecule has 0 atom stereocenters. The molecule has 1 aromatic carbocycles. The molecule has 0 amide bonds. The van der Waals surface area contributed by atoms with Gasteiger partial charge in [0, 0.05) is 30.9 Å². The highest BCUT2D eigenvalue weighted by atomic mass is 127. The summed E-state index contributed by atoms with van der Waals surface area (Å²) in [5.74, 6) is 1.74. The molecule has 2 rings (SSSR count). The molecule has 7 heteroatoms. The van der Waals surface area contributed by atoms with Gasteiger partial charge in [-0.25, -0.2) is 9.98 Å². The van der Waals surface area contributed by atoms with Crippen LogP contribution in [0.5, 0.6) is 0 Å². The lowest BCUT2D eigenvalue weighted by atomic mass is 10.2. The highest BCUT2D eigenvalue weighted by molar-refractivity contribution is 14.0. The van der Waals surface area contributed by atoms with Crippen LogP contribution in [0.15, 0.2) is 53.7 Å². The van der Waals surface area contributed by atoms with E-state index in [1.807, 2.05) is 42.5 Å². The number of hydrogen-bond acceptors (Lipinski definition) is 3. The van der Waals surface area contributed by atoms with E-state index in [2.05, 4.69) is 32.9 Å². The fraction of sp³-hybridized carbons (Fsp3) is 0.368. The van der Waals surface area contributed by atoms with Crippen LogP contribution in [0.4, 0.5) is 5.82 Å². The molecule has 0 fully saturated rings. The second-order valence-corrected chi connectivity index (χ2v) is 5.97. The Morgan fingerprint density at radius 3 is 2.54 bits per heavy atom. The zero-order chi connectivity index (χ0) is 17.7. The first-order chi connectivity index (χ1) is 12.3. The molecule has 142 valence electrons. The lowest BCUT2D eigenvalue weighted by Gasteiger charge is -2.12. The topological polar surface area (TPSA) is 61.3 Å². The molecule has 26 heavy (non-hydrogen) atoms. The molecule has 0 bridgehead atoms. The van der Waals surface area contributed by atoms with Crippen molar-refractivity contribution >= 4 is 47.4 Å². The highest BCUT2D eigenvalue weighted by Gasteiger charge is 2.00. The van der Waals surface area contributed by atoms with Gasteiger partial charge in [0.15, 0.2) is 5.96 Å². The number of anilines is 1. The van der Waals surface area contributed by atoms with E-state index >= 15 is 0 Å². The van der Waals surface area contributed by atoms with Gasteiger partial charge in [0.05, 0.1) is 6.54 Å². The SMILES string of the molecule is CCNC(=NCc1ccccc1Cl)NCCCCNc1ccccn1.I. The van der Waals surface area contributed by atoms with Crippen molar-refractivity contribution in [1.29, 1.82) is 0 Å². The molecule has 3 N–H and O–H groups in total. The third kappa shape index (κ3) is 8.71. The standard InChI is InChI=1S/C19H26ClN5.HI/c1-2-21-19(25-15-16-9-3-4-10-17(16)20)24-14-8-7-13-23-18-11-5-6-12-22-18;/h3-6,9-12H,2,7-8,13-15H2,1H3,(H,22,23)(H2,21,24,25);1H. The Morgan fingerprint density at radius 2 is 1.81 bits per heavy atom. The van der Waals surface area contributed by atoms with Gasteiger partial charge in [-0.1, -0.05) is 35.9 Å². The van der Waals surface area contributed by atoms with E-state index in [0.717, 1.165) is 54.8 Å². The third-order valence-corrected chi connectivity index (χ3v) is 3.95. The summed E-state index contributed by atoms with van der Waals surface area (Å²) in [4.78, 5) is 8.84. The van der Waals surface area contributed by atoms with Crippen molar-refractivity contribution in [3.63, 3.8) is 0 Å². The van der Waals surface area contributed by atoms with Gasteiger partial charge < -0.3 is 16.0 Å². The molecular weight excluding hydrogens is 461 g/mol. The predicted octanol–water partition coefficient (Wildman–Crippen LogP) is 4.30. The zero-order valence-corrected chi connectivity index (χ0v) is 18.1. The fourth-order valence-electron chi connectivity index (χ4n) is 2.27. The van der Waals surface area contributed by atoms with Crippen molar-refractivity contribution in [3.8, 4) is 0 Å². The van der Waals surface area contributed by atoms with Crippen molar-refractivity contribution in [1.82, 2.24) is 15.6 Å². The van der Waals surface area contributed by atoms with E-state index in [9.17, 15) is 0 Å². The molecule has 5 nitrogen and oxygen atoms in total. The van der Waals surface area contributed by atoms with Crippen molar-refractivity contribution in [2.45, 2.75) is 26.3 Å². The molecule has 0 radical (unpaired) electrons. The van der Waals surface area contributed by atoms with Crippen LogP contribution in [-0.2, 0) is 6.54 Å². The smallest absolute Gasteiger partial charge is 0.191 e. The minimum Gasteiger partial charge on any atom is -0.370 e. The van der Waals surface area contributed by atoms with E-state index in [0.29, 0.717) is 6.54 Å². The molecule has 1 aromatic heterocycles. The van der Waals surface area contributed by atoms with Crippen LogP contribution in [-0.4, -0.2) is 30.6 Å². The van der Waals surface area contributed by atoms with Gasteiger partial charge in [-0.15, -0.1) is 24.0 Å². The Morgan fingerprint density at radius 1 is 1.04 bits per heavy atom. The molecule has 0 aliphatic heterocycles. The zero-order valence-electron chi connectivity index (χ0n) is 15.0. The van der Waals surface area contributed by atoms with Crippen LogP contribution in [0.3, 0.4) is 0 Å². The largest absolute Gasteiger partial charge is 0.370 e. The van der Waals surface area contributed by atoms with E-state index in [-0.39, 0.29) is 24.0 Å². The Balaban J connectivity index is 0.00000338. The number of halogens is 2. The van der Waals surface area contributed by atoms with Crippen LogP contribution in [0.2, 0.25) is 5.02 Å². The number of aliphatic imine (C=N–C) groups is 1.